The second-order valence-electron chi connectivity index (χ2n) is 4.85. The third-order valence-electron chi connectivity index (χ3n) is 3.33. The van der Waals surface area contributed by atoms with Gasteiger partial charge in [-0.15, -0.1) is 0 Å². The van der Waals surface area contributed by atoms with Crippen molar-refractivity contribution in [1.29, 1.82) is 0 Å². The lowest BCUT2D eigenvalue weighted by Crippen LogP contribution is -2.37. The lowest BCUT2D eigenvalue weighted by molar-refractivity contribution is 0.122. The van der Waals surface area contributed by atoms with Crippen LogP contribution < -0.4 is 16.0 Å². The van der Waals surface area contributed by atoms with Crippen molar-refractivity contribution >= 4 is 29.2 Å². The minimum Gasteiger partial charge on any atom is -0.378 e. The van der Waals surface area contributed by atoms with E-state index >= 15 is 0 Å². The molecule has 1 saturated heterocycles. The van der Waals surface area contributed by atoms with Crippen LogP contribution in [0.4, 0.5) is 17.8 Å². The third kappa shape index (κ3) is 3.40. The average Bonchev–Trinajstić information content (AvgIpc) is 2.91. The molecule has 1 fully saturated rings. The van der Waals surface area contributed by atoms with Crippen LogP contribution >= 0.6 is 11.3 Å². The first kappa shape index (κ1) is 14.0. The predicted molar refractivity (Wildman–Crippen MR) is 83.7 cm³/mol. The number of nitrogens with one attached hydrogen (secondary N) is 1. The molecule has 7 nitrogen and oxygen atoms in total. The van der Waals surface area contributed by atoms with E-state index in [4.69, 9.17) is 10.5 Å². The van der Waals surface area contributed by atoms with E-state index in [-0.39, 0.29) is 5.95 Å². The van der Waals surface area contributed by atoms with Crippen molar-refractivity contribution in [3.05, 3.63) is 21.9 Å². The van der Waals surface area contributed by atoms with Gasteiger partial charge in [0.1, 0.15) is 0 Å². The number of nitrogen functional groups attached to an aromatic ring is 1. The summed E-state index contributed by atoms with van der Waals surface area (Å²) in [6.45, 7) is 5.68. The van der Waals surface area contributed by atoms with Crippen molar-refractivity contribution in [3.63, 3.8) is 0 Å². The number of aromatic nitrogens is 3. The first-order valence-electron chi connectivity index (χ1n) is 6.82. The first-order chi connectivity index (χ1) is 10.2. The smallest absolute Gasteiger partial charge is 0.232 e. The van der Waals surface area contributed by atoms with E-state index in [9.17, 15) is 0 Å². The van der Waals surface area contributed by atoms with Crippen LogP contribution in [0.2, 0.25) is 0 Å². The normalized spacial score (nSPS) is 15.2. The van der Waals surface area contributed by atoms with Gasteiger partial charge >= 0.3 is 0 Å². The van der Waals surface area contributed by atoms with Crippen LogP contribution in [0.15, 0.2) is 10.8 Å². The molecule has 21 heavy (non-hydrogen) atoms. The molecule has 0 amide bonds. The zero-order chi connectivity index (χ0) is 14.7. The van der Waals surface area contributed by atoms with E-state index in [1.807, 2.05) is 0 Å². The van der Waals surface area contributed by atoms with Gasteiger partial charge in [-0.25, -0.2) is 0 Å². The molecule has 1 aliphatic rings. The maximum Gasteiger partial charge on any atom is 0.232 e. The van der Waals surface area contributed by atoms with E-state index in [2.05, 4.69) is 42.9 Å². The van der Waals surface area contributed by atoms with Gasteiger partial charge in [-0.05, 0) is 28.8 Å². The standard InChI is InChI=1S/C13H18N6OS/c1-9-7-21-8-10(9)6-15-12-16-11(14)17-13(18-12)19-2-4-20-5-3-19/h7-8H,2-6H2,1H3,(H3,14,15,16,17,18). The highest BCUT2D eigenvalue weighted by atomic mass is 32.1. The summed E-state index contributed by atoms with van der Waals surface area (Å²) in [4.78, 5) is 14.9. The quantitative estimate of drug-likeness (QED) is 0.879. The number of rotatable bonds is 4. The predicted octanol–water partition coefficient (Wildman–Crippen LogP) is 1.27. The lowest BCUT2D eigenvalue weighted by atomic mass is 10.2. The van der Waals surface area contributed by atoms with Gasteiger partial charge in [0.15, 0.2) is 0 Å². The minimum atomic E-state index is 0.232. The number of ether oxygens (including phenoxy) is 1. The van der Waals surface area contributed by atoms with Gasteiger partial charge in [-0.2, -0.15) is 26.3 Å². The van der Waals surface area contributed by atoms with Crippen LogP contribution in [-0.2, 0) is 11.3 Å². The highest BCUT2D eigenvalue weighted by Crippen LogP contribution is 2.17. The van der Waals surface area contributed by atoms with Gasteiger partial charge in [0.25, 0.3) is 0 Å². The van der Waals surface area contributed by atoms with Crippen molar-refractivity contribution in [2.45, 2.75) is 13.5 Å². The van der Waals surface area contributed by atoms with Crippen LogP contribution in [0.5, 0.6) is 0 Å². The number of thiophene rings is 1. The molecule has 112 valence electrons. The van der Waals surface area contributed by atoms with Gasteiger partial charge in [0.05, 0.1) is 13.2 Å². The van der Waals surface area contributed by atoms with Crippen molar-refractivity contribution in [2.24, 2.45) is 0 Å². The van der Waals surface area contributed by atoms with E-state index < -0.39 is 0 Å². The summed E-state index contributed by atoms with van der Waals surface area (Å²) >= 11 is 1.69. The Bertz CT molecular complexity index is 610. The Morgan fingerprint density at radius 2 is 2.10 bits per heavy atom. The molecule has 3 heterocycles. The lowest BCUT2D eigenvalue weighted by Gasteiger charge is -2.26. The van der Waals surface area contributed by atoms with Gasteiger partial charge < -0.3 is 20.7 Å². The molecule has 1 aliphatic heterocycles. The summed E-state index contributed by atoms with van der Waals surface area (Å²) in [5.41, 5.74) is 8.30. The Morgan fingerprint density at radius 3 is 2.81 bits per heavy atom. The summed E-state index contributed by atoms with van der Waals surface area (Å²) in [7, 11) is 0. The molecule has 0 aromatic carbocycles. The number of nitrogens with zero attached hydrogens (tertiary/aromatic N) is 4. The van der Waals surface area contributed by atoms with E-state index in [1.54, 1.807) is 11.3 Å². The highest BCUT2D eigenvalue weighted by molar-refractivity contribution is 7.08. The molecule has 0 spiro atoms. The molecule has 0 saturated carbocycles. The van der Waals surface area contributed by atoms with Crippen LogP contribution in [0.3, 0.4) is 0 Å². The molecule has 0 aliphatic carbocycles. The van der Waals surface area contributed by atoms with Crippen molar-refractivity contribution < 1.29 is 4.74 Å². The molecule has 0 unspecified atom stereocenters. The fourth-order valence-corrected chi connectivity index (χ4v) is 2.96. The van der Waals surface area contributed by atoms with Crippen molar-refractivity contribution in [3.8, 4) is 0 Å². The van der Waals surface area contributed by atoms with Gasteiger partial charge in [-0.3, -0.25) is 0 Å². The number of morpholine rings is 1. The molecule has 8 heteroatoms. The number of nitrogens with two attached hydrogens (primary N) is 1. The fourth-order valence-electron chi connectivity index (χ4n) is 2.11. The zero-order valence-electron chi connectivity index (χ0n) is 11.9. The number of anilines is 3. The summed E-state index contributed by atoms with van der Waals surface area (Å²) in [6, 6.07) is 0. The minimum absolute atomic E-state index is 0.232. The highest BCUT2D eigenvalue weighted by Gasteiger charge is 2.15. The molecule has 0 radical (unpaired) electrons. The molecule has 3 N–H and O–H groups in total. The Balaban J connectivity index is 1.73. The number of hydrogen-bond acceptors (Lipinski definition) is 8. The molecule has 2 aromatic heterocycles. The summed E-state index contributed by atoms with van der Waals surface area (Å²) in [5.74, 6) is 1.35. The summed E-state index contributed by atoms with van der Waals surface area (Å²) < 4.78 is 5.33. The van der Waals surface area contributed by atoms with Crippen molar-refractivity contribution in [2.75, 3.05) is 42.3 Å². The topological polar surface area (TPSA) is 89.2 Å². The van der Waals surface area contributed by atoms with Crippen LogP contribution in [0.1, 0.15) is 11.1 Å². The van der Waals surface area contributed by atoms with Crippen LogP contribution in [0, 0.1) is 6.92 Å². The molecule has 3 rings (SSSR count). The monoisotopic (exact) mass is 306 g/mol. The fraction of sp³-hybridized carbons (Fsp3) is 0.462. The molecule has 2 aromatic rings. The Kier molecular flexibility index (Phi) is 4.16. The second kappa shape index (κ2) is 6.23. The number of aryl methyl sites for hydroxylation is 1. The number of hydrogen-bond donors (Lipinski definition) is 2. The molecular weight excluding hydrogens is 288 g/mol. The SMILES string of the molecule is Cc1cscc1CNc1nc(N)nc(N2CCOCC2)n1. The molecule has 0 atom stereocenters. The summed E-state index contributed by atoms with van der Waals surface area (Å²) in [5, 5.41) is 7.46. The largest absolute Gasteiger partial charge is 0.378 e. The molecule has 0 bridgehead atoms. The Morgan fingerprint density at radius 1 is 1.29 bits per heavy atom. The van der Waals surface area contributed by atoms with E-state index in [1.165, 1.54) is 11.1 Å². The maximum atomic E-state index is 5.79. The first-order valence-corrected chi connectivity index (χ1v) is 7.76. The van der Waals surface area contributed by atoms with Gasteiger partial charge in [0.2, 0.25) is 17.8 Å². The van der Waals surface area contributed by atoms with Crippen LogP contribution in [0.25, 0.3) is 0 Å². The Hall–Kier alpha value is -1.93. The summed E-state index contributed by atoms with van der Waals surface area (Å²) in [6.07, 6.45) is 0. The van der Waals surface area contributed by atoms with E-state index in [0.717, 1.165) is 13.1 Å². The Labute approximate surface area is 127 Å². The maximum absolute atomic E-state index is 5.79. The second-order valence-corrected chi connectivity index (χ2v) is 5.59. The van der Waals surface area contributed by atoms with Crippen LogP contribution in [-0.4, -0.2) is 41.3 Å². The van der Waals surface area contributed by atoms with Gasteiger partial charge in [0, 0.05) is 19.6 Å². The third-order valence-corrected chi connectivity index (χ3v) is 4.24. The van der Waals surface area contributed by atoms with Gasteiger partial charge in [-0.1, -0.05) is 0 Å². The van der Waals surface area contributed by atoms with E-state index in [0.29, 0.717) is 31.7 Å². The average molecular weight is 306 g/mol. The molecular formula is C13H18N6OS. The van der Waals surface area contributed by atoms with Crippen molar-refractivity contribution in [1.82, 2.24) is 15.0 Å². The zero-order valence-corrected chi connectivity index (χ0v) is 12.7.